The minimum Gasteiger partial charge on any atom is -0.360 e. The number of amides is 1. The molecule has 0 radical (unpaired) electrons. The predicted molar refractivity (Wildman–Crippen MR) is 55.8 cm³/mol. The predicted octanol–water partition coefficient (Wildman–Crippen LogP) is 0.666. The molecule has 0 aliphatic rings. The number of nitrogens with one attached hydrogen (secondary N) is 1. The normalized spacial score (nSPS) is 14.6. The van der Waals surface area contributed by atoms with Gasteiger partial charge in [-0.05, 0) is 13.3 Å². The Bertz CT molecular complexity index is 304. The lowest BCUT2D eigenvalue weighted by Gasteiger charge is -2.24. The van der Waals surface area contributed by atoms with E-state index in [0.717, 1.165) is 0 Å². The molecule has 1 aromatic rings. The van der Waals surface area contributed by atoms with Gasteiger partial charge < -0.3 is 15.6 Å². The van der Waals surface area contributed by atoms with Gasteiger partial charge in [0.1, 0.15) is 0 Å². The summed E-state index contributed by atoms with van der Waals surface area (Å²) in [5.41, 5.74) is 5.07. The van der Waals surface area contributed by atoms with E-state index in [1.807, 2.05) is 13.8 Å². The standard InChI is InChI=1S/C10H17N3O2/c1-3-10(2,7-11)9(14)12-6-8-4-5-13-15-8/h4-5H,3,6-7,11H2,1-2H3,(H,12,14). The number of hydrogen-bond donors (Lipinski definition) is 2. The van der Waals surface area contributed by atoms with E-state index in [-0.39, 0.29) is 5.91 Å². The van der Waals surface area contributed by atoms with Crippen molar-refractivity contribution in [2.24, 2.45) is 11.1 Å². The Kier molecular flexibility index (Phi) is 3.85. The summed E-state index contributed by atoms with van der Waals surface area (Å²) in [6.07, 6.45) is 2.26. The molecule has 0 saturated carbocycles. The summed E-state index contributed by atoms with van der Waals surface area (Å²) in [6, 6.07) is 1.71. The summed E-state index contributed by atoms with van der Waals surface area (Å²) in [5, 5.41) is 6.33. The van der Waals surface area contributed by atoms with Crippen LogP contribution in [0.1, 0.15) is 26.0 Å². The summed E-state index contributed by atoms with van der Waals surface area (Å²) in [4.78, 5) is 11.8. The van der Waals surface area contributed by atoms with Crippen LogP contribution in [0.2, 0.25) is 0 Å². The molecule has 1 unspecified atom stereocenters. The summed E-state index contributed by atoms with van der Waals surface area (Å²) in [7, 11) is 0. The molecule has 0 saturated heterocycles. The second kappa shape index (κ2) is 4.93. The van der Waals surface area contributed by atoms with Crippen LogP contribution in [-0.2, 0) is 11.3 Å². The number of carbonyl (C=O) groups is 1. The Balaban J connectivity index is 2.48. The Hall–Kier alpha value is -1.36. The van der Waals surface area contributed by atoms with Gasteiger partial charge in [-0.3, -0.25) is 4.79 Å². The molecule has 84 valence electrons. The molecule has 0 spiro atoms. The molecule has 0 aliphatic heterocycles. The lowest BCUT2D eigenvalue weighted by Crippen LogP contribution is -2.43. The molecule has 1 atom stereocenters. The Morgan fingerprint density at radius 2 is 2.47 bits per heavy atom. The third-order valence-corrected chi connectivity index (χ3v) is 2.69. The van der Waals surface area contributed by atoms with Crippen LogP contribution in [0.4, 0.5) is 0 Å². The summed E-state index contributed by atoms with van der Waals surface area (Å²) >= 11 is 0. The van der Waals surface area contributed by atoms with Crippen molar-refractivity contribution in [2.45, 2.75) is 26.8 Å². The van der Waals surface area contributed by atoms with Crippen molar-refractivity contribution in [2.75, 3.05) is 6.54 Å². The average molecular weight is 211 g/mol. The van der Waals surface area contributed by atoms with E-state index < -0.39 is 5.41 Å². The van der Waals surface area contributed by atoms with Crippen LogP contribution in [0.15, 0.2) is 16.8 Å². The van der Waals surface area contributed by atoms with Crippen molar-refractivity contribution in [3.63, 3.8) is 0 Å². The zero-order valence-corrected chi connectivity index (χ0v) is 9.12. The smallest absolute Gasteiger partial charge is 0.227 e. The zero-order chi connectivity index (χ0) is 11.3. The van der Waals surface area contributed by atoms with Crippen LogP contribution in [0.5, 0.6) is 0 Å². The quantitative estimate of drug-likeness (QED) is 0.750. The maximum atomic E-state index is 11.8. The minimum absolute atomic E-state index is 0.0519. The molecule has 0 bridgehead atoms. The first kappa shape index (κ1) is 11.7. The van der Waals surface area contributed by atoms with Gasteiger partial charge in [0.2, 0.25) is 5.91 Å². The van der Waals surface area contributed by atoms with E-state index in [4.69, 9.17) is 10.3 Å². The minimum atomic E-state index is -0.500. The first-order valence-corrected chi connectivity index (χ1v) is 5.00. The average Bonchev–Trinajstić information content (AvgIpc) is 2.77. The topological polar surface area (TPSA) is 81.2 Å². The first-order chi connectivity index (χ1) is 7.12. The molecule has 0 fully saturated rings. The second-order valence-electron chi connectivity index (χ2n) is 3.78. The van der Waals surface area contributed by atoms with E-state index in [2.05, 4.69) is 10.5 Å². The van der Waals surface area contributed by atoms with Gasteiger partial charge in [-0.25, -0.2) is 0 Å². The molecular formula is C10H17N3O2. The van der Waals surface area contributed by atoms with Gasteiger partial charge >= 0.3 is 0 Å². The van der Waals surface area contributed by atoms with Gasteiger partial charge in [0, 0.05) is 12.6 Å². The largest absolute Gasteiger partial charge is 0.360 e. The van der Waals surface area contributed by atoms with Gasteiger partial charge in [-0.2, -0.15) is 0 Å². The lowest BCUT2D eigenvalue weighted by atomic mass is 9.87. The molecule has 1 heterocycles. The molecular weight excluding hydrogens is 194 g/mol. The molecule has 1 rings (SSSR count). The van der Waals surface area contributed by atoms with Gasteiger partial charge in [0.05, 0.1) is 18.2 Å². The second-order valence-corrected chi connectivity index (χ2v) is 3.78. The van der Waals surface area contributed by atoms with Crippen molar-refractivity contribution in [3.05, 3.63) is 18.0 Å². The number of nitrogens with zero attached hydrogens (tertiary/aromatic N) is 1. The highest BCUT2D eigenvalue weighted by atomic mass is 16.5. The van der Waals surface area contributed by atoms with E-state index in [9.17, 15) is 4.79 Å². The van der Waals surface area contributed by atoms with E-state index >= 15 is 0 Å². The van der Waals surface area contributed by atoms with E-state index in [0.29, 0.717) is 25.3 Å². The van der Waals surface area contributed by atoms with Gasteiger partial charge in [-0.15, -0.1) is 0 Å². The highest BCUT2D eigenvalue weighted by molar-refractivity contribution is 5.82. The molecule has 1 amide bonds. The molecule has 5 nitrogen and oxygen atoms in total. The maximum Gasteiger partial charge on any atom is 0.227 e. The Morgan fingerprint density at radius 1 is 1.73 bits per heavy atom. The van der Waals surface area contributed by atoms with Crippen molar-refractivity contribution < 1.29 is 9.32 Å². The van der Waals surface area contributed by atoms with Gasteiger partial charge in [0.15, 0.2) is 5.76 Å². The van der Waals surface area contributed by atoms with Crippen LogP contribution in [0.25, 0.3) is 0 Å². The van der Waals surface area contributed by atoms with E-state index in [1.54, 1.807) is 12.3 Å². The van der Waals surface area contributed by atoms with Crippen LogP contribution in [0.3, 0.4) is 0 Å². The fourth-order valence-electron chi connectivity index (χ4n) is 1.11. The number of nitrogens with two attached hydrogens (primary N) is 1. The van der Waals surface area contributed by atoms with Crippen LogP contribution in [0, 0.1) is 5.41 Å². The molecule has 5 heteroatoms. The van der Waals surface area contributed by atoms with Crippen molar-refractivity contribution in [1.29, 1.82) is 0 Å². The van der Waals surface area contributed by atoms with Gasteiger partial charge in [0.25, 0.3) is 0 Å². The Labute approximate surface area is 89.0 Å². The van der Waals surface area contributed by atoms with Crippen molar-refractivity contribution in [1.82, 2.24) is 10.5 Å². The third kappa shape index (κ3) is 2.79. The van der Waals surface area contributed by atoms with Crippen LogP contribution in [-0.4, -0.2) is 17.6 Å². The maximum absolute atomic E-state index is 11.8. The zero-order valence-electron chi connectivity index (χ0n) is 9.12. The molecule has 0 aliphatic carbocycles. The number of carbonyl (C=O) groups excluding carboxylic acids is 1. The number of hydrogen-bond acceptors (Lipinski definition) is 4. The monoisotopic (exact) mass is 211 g/mol. The first-order valence-electron chi connectivity index (χ1n) is 5.00. The third-order valence-electron chi connectivity index (χ3n) is 2.69. The molecule has 0 aromatic carbocycles. The molecule has 3 N–H and O–H groups in total. The lowest BCUT2D eigenvalue weighted by molar-refractivity contribution is -0.130. The SMILES string of the molecule is CCC(C)(CN)C(=O)NCc1ccno1. The fourth-order valence-corrected chi connectivity index (χ4v) is 1.11. The Morgan fingerprint density at radius 3 is 2.93 bits per heavy atom. The summed E-state index contributed by atoms with van der Waals surface area (Å²) < 4.78 is 4.87. The van der Waals surface area contributed by atoms with E-state index in [1.165, 1.54) is 0 Å². The summed E-state index contributed by atoms with van der Waals surface area (Å²) in [6.45, 7) is 4.49. The number of aromatic nitrogens is 1. The number of rotatable bonds is 5. The summed E-state index contributed by atoms with van der Waals surface area (Å²) in [5.74, 6) is 0.586. The fraction of sp³-hybridized carbons (Fsp3) is 0.600. The molecule has 15 heavy (non-hydrogen) atoms. The highest BCUT2D eigenvalue weighted by Crippen LogP contribution is 2.19. The highest BCUT2D eigenvalue weighted by Gasteiger charge is 2.29. The van der Waals surface area contributed by atoms with Crippen molar-refractivity contribution >= 4 is 5.91 Å². The van der Waals surface area contributed by atoms with Gasteiger partial charge in [-0.1, -0.05) is 12.1 Å². The van der Waals surface area contributed by atoms with Crippen LogP contribution >= 0.6 is 0 Å². The van der Waals surface area contributed by atoms with Crippen LogP contribution < -0.4 is 11.1 Å². The molecule has 1 aromatic heterocycles. The van der Waals surface area contributed by atoms with Crippen molar-refractivity contribution in [3.8, 4) is 0 Å².